The molecule has 1 amide bonds. The zero-order chi connectivity index (χ0) is 24.4. The van der Waals surface area contributed by atoms with Crippen LogP contribution in [0.3, 0.4) is 0 Å². The lowest BCUT2D eigenvalue weighted by Crippen LogP contribution is -2.15. The third-order valence-electron chi connectivity index (χ3n) is 5.46. The van der Waals surface area contributed by atoms with Gasteiger partial charge >= 0.3 is 0 Å². The molecule has 2 aromatic carbocycles. The van der Waals surface area contributed by atoms with Crippen LogP contribution >= 0.6 is 23.4 Å². The number of hydrogen-bond donors (Lipinski definition) is 1. The molecule has 0 spiro atoms. The minimum absolute atomic E-state index is 0.125. The number of aryl methyl sites for hydroxylation is 3. The second kappa shape index (κ2) is 9.93. The highest BCUT2D eigenvalue weighted by atomic mass is 35.5. The van der Waals surface area contributed by atoms with E-state index in [2.05, 4.69) is 14.9 Å². The number of carbonyl (C=O) groups excluding carboxylic acids is 1. The molecule has 0 unspecified atom stereocenters. The third kappa shape index (κ3) is 4.94. The Morgan fingerprint density at radius 2 is 2.06 bits per heavy atom. The molecule has 0 radical (unpaired) electrons. The number of amides is 1. The van der Waals surface area contributed by atoms with E-state index in [1.807, 2.05) is 37.4 Å². The number of aromatic nitrogens is 6. The quantitative estimate of drug-likeness (QED) is 0.245. The number of methoxy groups -OCH3 is 1. The lowest BCUT2D eigenvalue weighted by Gasteiger charge is -2.10. The van der Waals surface area contributed by atoms with Crippen LogP contribution in [0.1, 0.15) is 11.5 Å². The van der Waals surface area contributed by atoms with Crippen LogP contribution in [0.4, 0.5) is 5.69 Å². The van der Waals surface area contributed by atoms with Gasteiger partial charge in [-0.25, -0.2) is 15.0 Å². The molecule has 35 heavy (non-hydrogen) atoms. The van der Waals surface area contributed by atoms with Crippen molar-refractivity contribution in [2.75, 3.05) is 18.2 Å². The lowest BCUT2D eigenvalue weighted by molar-refractivity contribution is -0.113. The molecular formula is C24H22ClN7O2S. The first-order chi connectivity index (χ1) is 17.0. The number of nitrogens with zero attached hydrogens (tertiary/aromatic N) is 6. The number of anilines is 1. The Labute approximate surface area is 210 Å². The lowest BCUT2D eigenvalue weighted by atomic mass is 10.2. The van der Waals surface area contributed by atoms with Gasteiger partial charge in [-0.1, -0.05) is 35.5 Å². The predicted octanol–water partition coefficient (Wildman–Crippen LogP) is 4.42. The van der Waals surface area contributed by atoms with E-state index in [0.717, 1.165) is 23.1 Å². The van der Waals surface area contributed by atoms with Crippen LogP contribution in [0.5, 0.6) is 5.75 Å². The van der Waals surface area contributed by atoms with E-state index >= 15 is 0 Å². The molecule has 0 bridgehead atoms. The molecule has 5 rings (SSSR count). The van der Waals surface area contributed by atoms with Crippen molar-refractivity contribution < 1.29 is 9.53 Å². The van der Waals surface area contributed by atoms with Gasteiger partial charge in [0.05, 0.1) is 30.4 Å². The molecule has 5 aromatic rings. The molecule has 11 heteroatoms. The van der Waals surface area contributed by atoms with Gasteiger partial charge in [-0.15, -0.1) is 5.10 Å². The molecule has 1 N–H and O–H groups in total. The molecule has 0 atom stereocenters. The number of hydrogen-bond acceptors (Lipinski definition) is 7. The van der Waals surface area contributed by atoms with Crippen LogP contribution in [0, 0.1) is 6.92 Å². The summed E-state index contributed by atoms with van der Waals surface area (Å²) in [5, 5.41) is 9.57. The largest absolute Gasteiger partial charge is 0.495 e. The summed E-state index contributed by atoms with van der Waals surface area (Å²) in [4.78, 5) is 26.4. The number of nitrogens with one attached hydrogen (secondary N) is 1. The number of para-hydroxylation sites is 1. The summed E-state index contributed by atoms with van der Waals surface area (Å²) < 4.78 is 9.09. The predicted molar refractivity (Wildman–Crippen MR) is 136 cm³/mol. The van der Waals surface area contributed by atoms with Gasteiger partial charge in [0, 0.05) is 35.3 Å². The molecule has 0 aliphatic rings. The molecule has 9 nitrogen and oxygen atoms in total. The van der Waals surface area contributed by atoms with Crippen molar-refractivity contribution in [3.05, 3.63) is 71.5 Å². The Bertz CT molecular complexity index is 1530. The number of benzene rings is 2. The fourth-order valence-corrected chi connectivity index (χ4v) is 4.63. The van der Waals surface area contributed by atoms with Crippen molar-refractivity contribution in [3.8, 4) is 5.75 Å². The average molecular weight is 508 g/mol. The van der Waals surface area contributed by atoms with E-state index in [-0.39, 0.29) is 11.7 Å². The molecule has 3 heterocycles. The van der Waals surface area contributed by atoms with Crippen molar-refractivity contribution in [1.29, 1.82) is 0 Å². The van der Waals surface area contributed by atoms with Gasteiger partial charge in [0.2, 0.25) is 5.91 Å². The Morgan fingerprint density at radius 3 is 2.86 bits per heavy atom. The van der Waals surface area contributed by atoms with Crippen LogP contribution in [0.15, 0.2) is 60.1 Å². The Balaban J connectivity index is 1.39. The minimum Gasteiger partial charge on any atom is -0.495 e. The first-order valence-corrected chi connectivity index (χ1v) is 12.3. The number of thioether (sulfide) groups is 1. The van der Waals surface area contributed by atoms with Crippen LogP contribution in [-0.2, 0) is 17.8 Å². The smallest absolute Gasteiger partial charge is 0.234 e. The SMILES string of the molecule is COc1ccc(Cl)cc1NC(=O)CSc1nc2ccccc2c2nc(CCn3cncc3C)nn12. The van der Waals surface area contributed by atoms with Crippen LogP contribution < -0.4 is 10.1 Å². The summed E-state index contributed by atoms with van der Waals surface area (Å²) in [7, 11) is 1.54. The molecule has 3 aromatic heterocycles. The van der Waals surface area contributed by atoms with E-state index in [0.29, 0.717) is 39.5 Å². The van der Waals surface area contributed by atoms with Gasteiger partial charge in [0.25, 0.3) is 0 Å². The van der Waals surface area contributed by atoms with Gasteiger partial charge < -0.3 is 14.6 Å². The maximum Gasteiger partial charge on any atom is 0.234 e. The summed E-state index contributed by atoms with van der Waals surface area (Å²) >= 11 is 7.36. The standard InChI is InChI=1S/C24H22ClN7O2S/c1-15-12-26-14-31(15)10-9-21-29-23-17-5-3-4-6-18(17)28-24(32(23)30-21)35-13-22(33)27-19-11-16(25)7-8-20(19)34-2/h3-8,11-12,14H,9-10,13H2,1-2H3,(H,27,33). The van der Waals surface area contributed by atoms with Crippen molar-refractivity contribution in [2.24, 2.45) is 0 Å². The molecule has 0 saturated carbocycles. The summed E-state index contributed by atoms with van der Waals surface area (Å²) in [6.07, 6.45) is 4.27. The number of carbonyl (C=O) groups is 1. The zero-order valence-corrected chi connectivity index (χ0v) is 20.7. The minimum atomic E-state index is -0.213. The highest BCUT2D eigenvalue weighted by Gasteiger charge is 2.16. The fraction of sp³-hybridized carbons (Fsp3) is 0.208. The highest BCUT2D eigenvalue weighted by molar-refractivity contribution is 7.99. The molecule has 0 aliphatic carbocycles. The first kappa shape index (κ1) is 23.1. The van der Waals surface area contributed by atoms with Crippen LogP contribution in [0.2, 0.25) is 5.02 Å². The van der Waals surface area contributed by atoms with Gasteiger partial charge in [-0.05, 0) is 37.3 Å². The van der Waals surface area contributed by atoms with E-state index in [1.54, 1.807) is 36.2 Å². The molecule has 0 aliphatic heterocycles. The Kier molecular flexibility index (Phi) is 6.56. The van der Waals surface area contributed by atoms with Crippen LogP contribution in [0.25, 0.3) is 16.6 Å². The molecule has 0 fully saturated rings. The van der Waals surface area contributed by atoms with Crippen molar-refractivity contribution in [1.82, 2.24) is 29.1 Å². The number of rotatable bonds is 8. The second-order valence-electron chi connectivity index (χ2n) is 7.83. The number of fused-ring (bicyclic) bond motifs is 3. The number of halogens is 1. The summed E-state index contributed by atoms with van der Waals surface area (Å²) in [5.74, 6) is 1.15. The van der Waals surface area contributed by atoms with Crippen molar-refractivity contribution in [3.63, 3.8) is 0 Å². The average Bonchev–Trinajstić information content (AvgIpc) is 3.47. The molecule has 178 valence electrons. The second-order valence-corrected chi connectivity index (χ2v) is 9.21. The first-order valence-electron chi connectivity index (χ1n) is 10.9. The van der Waals surface area contributed by atoms with Crippen LogP contribution in [-0.4, -0.2) is 47.9 Å². The Morgan fingerprint density at radius 1 is 1.20 bits per heavy atom. The highest BCUT2D eigenvalue weighted by Crippen LogP contribution is 2.29. The summed E-state index contributed by atoms with van der Waals surface area (Å²) in [5.41, 5.74) is 3.11. The number of imidazole rings is 1. The summed E-state index contributed by atoms with van der Waals surface area (Å²) in [6.45, 7) is 2.74. The normalized spacial score (nSPS) is 11.3. The van der Waals surface area contributed by atoms with E-state index in [4.69, 9.17) is 31.4 Å². The monoisotopic (exact) mass is 507 g/mol. The Hall–Kier alpha value is -3.63. The molecular weight excluding hydrogens is 486 g/mol. The van der Waals surface area contributed by atoms with Gasteiger partial charge in [0.1, 0.15) is 5.75 Å². The van der Waals surface area contributed by atoms with Crippen molar-refractivity contribution in [2.45, 2.75) is 25.0 Å². The van der Waals surface area contributed by atoms with Gasteiger partial charge in [0.15, 0.2) is 16.6 Å². The number of ether oxygens (including phenoxy) is 1. The van der Waals surface area contributed by atoms with E-state index in [9.17, 15) is 4.79 Å². The van der Waals surface area contributed by atoms with Gasteiger partial charge in [-0.3, -0.25) is 4.79 Å². The van der Waals surface area contributed by atoms with E-state index < -0.39 is 0 Å². The molecule has 0 saturated heterocycles. The zero-order valence-electron chi connectivity index (χ0n) is 19.1. The summed E-state index contributed by atoms with van der Waals surface area (Å²) in [6, 6.07) is 12.9. The van der Waals surface area contributed by atoms with E-state index in [1.165, 1.54) is 11.8 Å². The van der Waals surface area contributed by atoms with Gasteiger partial charge in [-0.2, -0.15) is 4.52 Å². The fourth-order valence-electron chi connectivity index (χ4n) is 3.71. The topological polar surface area (TPSA) is 99.2 Å². The third-order valence-corrected chi connectivity index (χ3v) is 6.62. The maximum absolute atomic E-state index is 12.7. The maximum atomic E-state index is 12.7. The van der Waals surface area contributed by atoms with Crippen molar-refractivity contribution >= 4 is 51.5 Å².